The molecule has 8 nitrogen and oxygen atoms in total. The highest BCUT2D eigenvalue weighted by Gasteiger charge is 2.87. The van der Waals surface area contributed by atoms with Crippen molar-refractivity contribution in [3.8, 4) is 0 Å². The molecule has 0 radical (unpaired) electrons. The van der Waals surface area contributed by atoms with Crippen LogP contribution in [0.2, 0.25) is 0 Å². The van der Waals surface area contributed by atoms with Crippen LogP contribution in [0, 0.1) is 5.92 Å². The molecular formula is C34H59NO7P+. The van der Waals surface area contributed by atoms with Gasteiger partial charge in [0.1, 0.15) is 6.10 Å². The molecule has 2 saturated heterocycles. The van der Waals surface area contributed by atoms with E-state index in [9.17, 15) is 14.3 Å². The predicted molar refractivity (Wildman–Crippen MR) is 170 cm³/mol. The molecule has 9 heteroatoms. The summed E-state index contributed by atoms with van der Waals surface area (Å²) in [6, 6.07) is 9.63. The third kappa shape index (κ3) is 10.4. The lowest BCUT2D eigenvalue weighted by atomic mass is 9.85. The number of carbonyl (C=O) groups excluding carboxylic acids is 1. The van der Waals surface area contributed by atoms with Crippen molar-refractivity contribution in [2.75, 3.05) is 26.4 Å². The number of piperidine rings is 1. The first-order valence-electron chi connectivity index (χ1n) is 17.0. The lowest BCUT2D eigenvalue weighted by Crippen LogP contribution is -2.98. The SMILES string of the molecule is CCCCCCCCCCCCCCCCOCC(COP(=O)(O)OC1(c2ccccc2)[NH+]2CCC(C)C21C)OC(C)=O. The number of quaternary nitrogens is 1. The number of unbranched alkanes of at least 4 members (excludes halogenated alkanes) is 13. The minimum atomic E-state index is -4.48. The molecule has 43 heavy (non-hydrogen) atoms. The van der Waals surface area contributed by atoms with Gasteiger partial charge in [0.05, 0.1) is 19.8 Å². The first-order valence-corrected chi connectivity index (χ1v) is 18.5. The summed E-state index contributed by atoms with van der Waals surface area (Å²) in [4.78, 5) is 23.6. The number of nitrogens with one attached hydrogen (secondary N) is 1. The second-order valence-corrected chi connectivity index (χ2v) is 14.3. The maximum atomic E-state index is 13.3. The van der Waals surface area contributed by atoms with E-state index >= 15 is 0 Å². The van der Waals surface area contributed by atoms with Crippen LogP contribution < -0.4 is 4.90 Å². The molecule has 0 amide bonds. The van der Waals surface area contributed by atoms with Crippen molar-refractivity contribution in [2.45, 2.75) is 141 Å². The molecule has 2 heterocycles. The second kappa shape index (κ2) is 18.0. The van der Waals surface area contributed by atoms with E-state index in [-0.39, 0.29) is 18.8 Å². The third-order valence-corrected chi connectivity index (χ3v) is 10.6. The summed E-state index contributed by atoms with van der Waals surface area (Å²) < 4.78 is 35.8. The largest absolute Gasteiger partial charge is 0.477 e. The topological polar surface area (TPSA) is 95.7 Å². The standard InChI is InChI=1S/C34H58NO7P/c1-5-6-7-8-9-10-11-12-13-14-15-16-17-21-26-39-27-32(41-30(3)36)28-40-43(37,38)42-34(31-22-19-18-20-23-31)33(4)29(2)24-25-35(33)34/h18-20,22-23,29,32H,5-17,21,24-28H2,1-4H3,(H,37,38)/p+1. The van der Waals surface area contributed by atoms with Crippen LogP contribution in [-0.4, -0.2) is 48.9 Å². The molecule has 0 aromatic heterocycles. The van der Waals surface area contributed by atoms with Gasteiger partial charge in [0, 0.05) is 38.4 Å². The molecule has 1 aromatic rings. The number of ether oxygens (including phenoxy) is 2. The minimum Gasteiger partial charge on any atom is -0.458 e. The molecule has 6 atom stereocenters. The predicted octanol–water partition coefficient (Wildman–Crippen LogP) is 7.10. The summed E-state index contributed by atoms with van der Waals surface area (Å²) in [5, 5.41) is 0. The van der Waals surface area contributed by atoms with Crippen molar-refractivity contribution >= 4 is 13.8 Å². The van der Waals surface area contributed by atoms with Gasteiger partial charge in [-0.2, -0.15) is 0 Å². The first kappa shape index (κ1) is 36.2. The Bertz CT molecular complexity index is 994. The summed E-state index contributed by atoms with van der Waals surface area (Å²) in [5.74, 6) is -0.170. The average Bonchev–Trinajstić information content (AvgIpc) is 3.34. The zero-order valence-electron chi connectivity index (χ0n) is 27.3. The van der Waals surface area contributed by atoms with Crippen LogP contribution in [-0.2, 0) is 33.6 Å². The van der Waals surface area contributed by atoms with Gasteiger partial charge in [-0.15, -0.1) is 0 Å². The Labute approximate surface area is 260 Å². The molecule has 2 N–H and O–H groups in total. The number of hydrogen-bond acceptors (Lipinski definition) is 6. The molecule has 2 aliphatic rings. The van der Waals surface area contributed by atoms with Gasteiger partial charge in [0.15, 0.2) is 5.54 Å². The maximum absolute atomic E-state index is 13.3. The van der Waals surface area contributed by atoms with E-state index in [1.807, 2.05) is 30.3 Å². The number of fused-ring (bicyclic) bond motifs is 1. The van der Waals surface area contributed by atoms with Crippen molar-refractivity contribution in [3.05, 3.63) is 35.9 Å². The van der Waals surface area contributed by atoms with Gasteiger partial charge in [-0.1, -0.05) is 116 Å². The van der Waals surface area contributed by atoms with Crippen LogP contribution in [0.5, 0.6) is 0 Å². The molecule has 2 fully saturated rings. The molecule has 2 aliphatic heterocycles. The molecule has 6 unspecified atom stereocenters. The van der Waals surface area contributed by atoms with Gasteiger partial charge in [-0.25, -0.2) is 9.09 Å². The molecule has 1 aromatic carbocycles. The number of phosphoric acid groups is 1. The minimum absolute atomic E-state index is 0.105. The molecule has 3 rings (SSSR count). The number of benzene rings is 1. The third-order valence-electron chi connectivity index (χ3n) is 9.67. The normalized spacial score (nSPS) is 26.5. The molecule has 246 valence electrons. The van der Waals surface area contributed by atoms with E-state index < -0.39 is 25.6 Å². The average molecular weight is 625 g/mol. The number of phosphoric ester groups is 1. The van der Waals surface area contributed by atoms with Crippen LogP contribution in [0.15, 0.2) is 30.3 Å². The van der Waals surface area contributed by atoms with Crippen molar-refractivity contribution in [1.82, 2.24) is 0 Å². The van der Waals surface area contributed by atoms with Gasteiger partial charge in [0.25, 0.3) is 5.72 Å². The lowest BCUT2D eigenvalue weighted by Gasteiger charge is -2.24. The molecular weight excluding hydrogens is 565 g/mol. The summed E-state index contributed by atoms with van der Waals surface area (Å²) in [6.07, 6.45) is 18.4. The number of hydrogen-bond donors (Lipinski definition) is 2. The fourth-order valence-electron chi connectivity index (χ4n) is 7.02. The summed E-state index contributed by atoms with van der Waals surface area (Å²) in [5.41, 5.74) is -0.399. The Morgan fingerprint density at radius 3 is 2.02 bits per heavy atom. The maximum Gasteiger partial charge on any atom is 0.477 e. The van der Waals surface area contributed by atoms with Crippen LogP contribution in [0.3, 0.4) is 0 Å². The van der Waals surface area contributed by atoms with Gasteiger partial charge in [-0.3, -0.25) is 14.2 Å². The van der Waals surface area contributed by atoms with E-state index in [0.29, 0.717) is 12.5 Å². The zero-order valence-corrected chi connectivity index (χ0v) is 28.2. The fraction of sp³-hybridized carbons (Fsp3) is 0.794. The van der Waals surface area contributed by atoms with Crippen molar-refractivity contribution in [2.24, 2.45) is 5.92 Å². The molecule has 0 spiro atoms. The smallest absolute Gasteiger partial charge is 0.458 e. The Morgan fingerprint density at radius 2 is 1.51 bits per heavy atom. The van der Waals surface area contributed by atoms with E-state index in [4.69, 9.17) is 18.5 Å². The Balaban J connectivity index is 1.32. The number of carbonyl (C=O) groups is 1. The summed E-state index contributed by atoms with van der Waals surface area (Å²) in [7, 11) is -4.48. The van der Waals surface area contributed by atoms with Crippen LogP contribution in [0.4, 0.5) is 0 Å². The number of rotatable bonds is 24. The Morgan fingerprint density at radius 1 is 0.953 bits per heavy atom. The summed E-state index contributed by atoms with van der Waals surface area (Å²) >= 11 is 0. The Kier molecular flexibility index (Phi) is 15.2. The lowest BCUT2D eigenvalue weighted by molar-refractivity contribution is -0.828. The van der Waals surface area contributed by atoms with Crippen LogP contribution >= 0.6 is 7.82 Å². The highest BCUT2D eigenvalue weighted by Crippen LogP contribution is 2.59. The van der Waals surface area contributed by atoms with Gasteiger partial charge in [0.2, 0.25) is 0 Å². The number of esters is 1. The highest BCUT2D eigenvalue weighted by atomic mass is 31.2. The van der Waals surface area contributed by atoms with Gasteiger partial charge >= 0.3 is 13.8 Å². The highest BCUT2D eigenvalue weighted by molar-refractivity contribution is 7.47. The first-order chi connectivity index (χ1) is 20.7. The van der Waals surface area contributed by atoms with Crippen LogP contribution in [0.1, 0.15) is 130 Å². The van der Waals surface area contributed by atoms with E-state index in [1.165, 1.54) is 84.0 Å². The molecule has 0 aliphatic carbocycles. The van der Waals surface area contributed by atoms with Crippen molar-refractivity contribution in [1.29, 1.82) is 0 Å². The molecule has 0 bridgehead atoms. The quantitative estimate of drug-likeness (QED) is 0.0548. The van der Waals surface area contributed by atoms with Gasteiger partial charge in [-0.05, 0) is 18.6 Å². The van der Waals surface area contributed by atoms with Crippen molar-refractivity contribution < 1.29 is 37.7 Å². The van der Waals surface area contributed by atoms with E-state index in [1.54, 1.807) is 0 Å². The summed E-state index contributed by atoms with van der Waals surface area (Å²) in [6.45, 7) is 9.08. The van der Waals surface area contributed by atoms with Crippen molar-refractivity contribution in [3.63, 3.8) is 0 Å². The van der Waals surface area contributed by atoms with Gasteiger partial charge < -0.3 is 14.4 Å². The fourth-order valence-corrected chi connectivity index (χ4v) is 8.18. The van der Waals surface area contributed by atoms with E-state index in [0.717, 1.165) is 36.3 Å². The monoisotopic (exact) mass is 624 g/mol. The Hall–Kier alpha value is -1.28. The second-order valence-electron chi connectivity index (χ2n) is 12.9. The van der Waals surface area contributed by atoms with E-state index in [2.05, 4.69) is 20.8 Å². The molecule has 0 saturated carbocycles. The van der Waals surface area contributed by atoms with Crippen LogP contribution in [0.25, 0.3) is 0 Å². The zero-order chi connectivity index (χ0) is 31.2.